The minimum atomic E-state index is -4.49. The molecule has 1 fully saturated rings. The number of H-pyrrole nitrogens is 1. The number of piperidine rings is 1. The molecule has 0 saturated carbocycles. The van der Waals surface area contributed by atoms with Crippen LogP contribution in [0.3, 0.4) is 0 Å². The van der Waals surface area contributed by atoms with Crippen molar-refractivity contribution in [2.24, 2.45) is 0 Å². The zero-order valence-corrected chi connectivity index (χ0v) is 17.9. The van der Waals surface area contributed by atoms with E-state index in [1.165, 1.54) is 12.1 Å². The molecule has 0 amide bonds. The predicted octanol–water partition coefficient (Wildman–Crippen LogP) is 3.97. The summed E-state index contributed by atoms with van der Waals surface area (Å²) in [5.74, 6) is -0.0323. The second-order valence-electron chi connectivity index (χ2n) is 8.29. The number of alkyl halides is 3. The molecule has 0 bridgehead atoms. The molecule has 0 radical (unpaired) electrons. The lowest BCUT2D eigenvalue weighted by Crippen LogP contribution is -2.34. The monoisotopic (exact) mass is 475 g/mol. The predicted molar refractivity (Wildman–Crippen MR) is 117 cm³/mol. The van der Waals surface area contributed by atoms with E-state index in [2.05, 4.69) is 35.4 Å². The van der Waals surface area contributed by atoms with Gasteiger partial charge in [-0.05, 0) is 67.7 Å². The van der Waals surface area contributed by atoms with E-state index in [0.29, 0.717) is 12.1 Å². The van der Waals surface area contributed by atoms with E-state index in [1.54, 1.807) is 0 Å². The fraction of sp³-hybridized carbons (Fsp3) is 0.364. The van der Waals surface area contributed by atoms with Gasteiger partial charge in [0.2, 0.25) is 11.9 Å². The summed E-state index contributed by atoms with van der Waals surface area (Å²) in [5.41, 5.74) is 0.951. The van der Waals surface area contributed by atoms with Crippen molar-refractivity contribution < 1.29 is 22.7 Å². The van der Waals surface area contributed by atoms with Gasteiger partial charge in [-0.1, -0.05) is 0 Å². The van der Waals surface area contributed by atoms with Crippen LogP contribution in [0.25, 0.3) is 22.1 Å². The largest absolute Gasteiger partial charge is 0.416 e. The highest BCUT2D eigenvalue weighted by Crippen LogP contribution is 2.32. The molecule has 178 valence electrons. The average molecular weight is 475 g/mol. The van der Waals surface area contributed by atoms with E-state index in [1.807, 2.05) is 6.07 Å². The summed E-state index contributed by atoms with van der Waals surface area (Å²) in [4.78, 5) is 13.6. The Labute approximate surface area is 191 Å². The van der Waals surface area contributed by atoms with Gasteiger partial charge in [0, 0.05) is 6.54 Å². The molecule has 2 aromatic heterocycles. The quantitative estimate of drug-likeness (QED) is 0.375. The van der Waals surface area contributed by atoms with E-state index in [9.17, 15) is 17.6 Å². The van der Waals surface area contributed by atoms with Gasteiger partial charge in [0.05, 0.1) is 23.2 Å². The number of nitrogens with one attached hydrogen (secondary N) is 2. The minimum Gasteiger partial charge on any atom is -0.395 e. The Hall–Kier alpha value is -3.38. The third-order valence-electron chi connectivity index (χ3n) is 6.05. The lowest BCUT2D eigenvalue weighted by atomic mass is 9.89. The lowest BCUT2D eigenvalue weighted by molar-refractivity contribution is -0.137. The minimum absolute atomic E-state index is 0.00528. The summed E-state index contributed by atoms with van der Waals surface area (Å²) in [7, 11) is 0. The first kappa shape index (κ1) is 22.4. The van der Waals surface area contributed by atoms with E-state index >= 15 is 0 Å². The zero-order chi connectivity index (χ0) is 23.9. The SMILES string of the molecule is OCCN1CCC(c2cc(F)c3nc(Nc4nnc5cc(C(F)(F)F)ccc5n4)[nH]c3c2)CC1. The van der Waals surface area contributed by atoms with Crippen LogP contribution in [-0.4, -0.2) is 61.4 Å². The normalized spacial score (nSPS) is 15.9. The van der Waals surface area contributed by atoms with Gasteiger partial charge < -0.3 is 15.0 Å². The molecule has 12 heteroatoms. The van der Waals surface area contributed by atoms with Crippen molar-refractivity contribution >= 4 is 34.0 Å². The van der Waals surface area contributed by atoms with Crippen LogP contribution in [0.15, 0.2) is 30.3 Å². The molecule has 2 aromatic carbocycles. The number of aromatic nitrogens is 5. The Bertz CT molecular complexity index is 1330. The molecule has 0 unspecified atom stereocenters. The Morgan fingerprint density at radius 3 is 2.59 bits per heavy atom. The van der Waals surface area contributed by atoms with E-state index in [0.717, 1.165) is 43.6 Å². The van der Waals surface area contributed by atoms with Crippen molar-refractivity contribution in [2.75, 3.05) is 31.6 Å². The molecule has 1 aliphatic heterocycles. The van der Waals surface area contributed by atoms with Crippen molar-refractivity contribution in [1.82, 2.24) is 30.0 Å². The van der Waals surface area contributed by atoms with Crippen LogP contribution >= 0.6 is 0 Å². The second-order valence-corrected chi connectivity index (χ2v) is 8.29. The summed E-state index contributed by atoms with van der Waals surface area (Å²) in [5, 5.41) is 19.5. The molecule has 3 heterocycles. The Balaban J connectivity index is 1.36. The summed E-state index contributed by atoms with van der Waals surface area (Å²) < 4.78 is 53.4. The van der Waals surface area contributed by atoms with Crippen molar-refractivity contribution in [2.45, 2.75) is 24.9 Å². The molecule has 0 atom stereocenters. The van der Waals surface area contributed by atoms with Crippen LogP contribution in [0, 0.1) is 5.82 Å². The second kappa shape index (κ2) is 8.76. The molecule has 0 aliphatic carbocycles. The van der Waals surface area contributed by atoms with Gasteiger partial charge in [0.25, 0.3) is 0 Å². The number of nitrogens with zero attached hydrogens (tertiary/aromatic N) is 5. The smallest absolute Gasteiger partial charge is 0.395 e. The molecule has 0 spiro atoms. The van der Waals surface area contributed by atoms with Gasteiger partial charge in [-0.15, -0.1) is 10.2 Å². The number of hydrogen-bond donors (Lipinski definition) is 3. The van der Waals surface area contributed by atoms with Crippen molar-refractivity contribution in [3.05, 3.63) is 47.3 Å². The maximum atomic E-state index is 14.8. The Morgan fingerprint density at radius 2 is 1.85 bits per heavy atom. The third-order valence-corrected chi connectivity index (χ3v) is 6.05. The average Bonchev–Trinajstić information content (AvgIpc) is 3.22. The van der Waals surface area contributed by atoms with Gasteiger partial charge in [-0.2, -0.15) is 13.2 Å². The first-order valence-electron chi connectivity index (χ1n) is 10.8. The van der Waals surface area contributed by atoms with Crippen LogP contribution < -0.4 is 5.32 Å². The van der Waals surface area contributed by atoms with Gasteiger partial charge in [-0.3, -0.25) is 5.32 Å². The first-order valence-corrected chi connectivity index (χ1v) is 10.8. The molecule has 3 N–H and O–H groups in total. The molecule has 8 nitrogen and oxygen atoms in total. The number of hydrogen-bond acceptors (Lipinski definition) is 7. The number of anilines is 2. The van der Waals surface area contributed by atoms with E-state index < -0.39 is 17.6 Å². The fourth-order valence-corrected chi connectivity index (χ4v) is 4.29. The summed E-state index contributed by atoms with van der Waals surface area (Å²) in [6, 6.07) is 6.40. The zero-order valence-electron chi connectivity index (χ0n) is 17.9. The maximum Gasteiger partial charge on any atom is 0.416 e. The number of aliphatic hydroxyl groups is 1. The van der Waals surface area contributed by atoms with E-state index in [4.69, 9.17) is 5.11 Å². The summed E-state index contributed by atoms with van der Waals surface area (Å²) >= 11 is 0. The molecule has 4 aromatic rings. The Morgan fingerprint density at radius 1 is 1.06 bits per heavy atom. The Kier molecular flexibility index (Phi) is 5.78. The number of β-amino-alcohol motifs (C(OH)–C–C–N with tert-alkyl or cyclic N) is 1. The van der Waals surface area contributed by atoms with Crippen LogP contribution in [0.5, 0.6) is 0 Å². The number of halogens is 4. The topological polar surface area (TPSA) is 103 Å². The van der Waals surface area contributed by atoms with Crippen LogP contribution in [-0.2, 0) is 6.18 Å². The van der Waals surface area contributed by atoms with Gasteiger partial charge >= 0.3 is 6.18 Å². The van der Waals surface area contributed by atoms with Gasteiger partial charge in [0.15, 0.2) is 5.82 Å². The number of fused-ring (bicyclic) bond motifs is 2. The summed E-state index contributed by atoms with van der Waals surface area (Å²) in [6.07, 6.45) is -2.74. The first-order chi connectivity index (χ1) is 16.3. The lowest BCUT2D eigenvalue weighted by Gasteiger charge is -2.31. The highest BCUT2D eigenvalue weighted by Gasteiger charge is 2.30. The fourth-order valence-electron chi connectivity index (χ4n) is 4.29. The maximum absolute atomic E-state index is 14.8. The number of likely N-dealkylation sites (tertiary alicyclic amines) is 1. The van der Waals surface area contributed by atoms with Crippen LogP contribution in [0.4, 0.5) is 29.5 Å². The number of imidazole rings is 1. The van der Waals surface area contributed by atoms with Crippen molar-refractivity contribution in [3.63, 3.8) is 0 Å². The highest BCUT2D eigenvalue weighted by atomic mass is 19.4. The molecular weight excluding hydrogens is 454 g/mol. The molecule has 1 saturated heterocycles. The van der Waals surface area contributed by atoms with E-state index in [-0.39, 0.29) is 41.0 Å². The van der Waals surface area contributed by atoms with Gasteiger partial charge in [0.1, 0.15) is 11.0 Å². The van der Waals surface area contributed by atoms with Crippen LogP contribution in [0.2, 0.25) is 0 Å². The standard InChI is InChI=1S/C22H21F4N7O/c23-15-9-13(12-3-5-33(6-4-12)7-8-34)10-18-19(15)29-20(28-18)30-21-27-16-2-1-14(22(24,25)26)11-17(16)31-32-21/h1-2,9-12,34H,3-8H2,(H2,27,28,29,30,32). The summed E-state index contributed by atoms with van der Waals surface area (Å²) in [6.45, 7) is 2.46. The van der Waals surface area contributed by atoms with Gasteiger partial charge in [-0.25, -0.2) is 14.4 Å². The highest BCUT2D eigenvalue weighted by molar-refractivity contribution is 5.80. The van der Waals surface area contributed by atoms with Crippen LogP contribution in [0.1, 0.15) is 29.9 Å². The third kappa shape index (κ3) is 4.50. The van der Waals surface area contributed by atoms with Crippen molar-refractivity contribution in [3.8, 4) is 0 Å². The number of benzene rings is 2. The molecule has 1 aliphatic rings. The number of aliphatic hydroxyl groups excluding tert-OH is 1. The molecule has 5 rings (SSSR count). The molecular formula is C22H21F4N7O. The number of rotatable bonds is 5. The number of aromatic amines is 1. The molecule has 34 heavy (non-hydrogen) atoms. The van der Waals surface area contributed by atoms with Crippen molar-refractivity contribution in [1.29, 1.82) is 0 Å².